The van der Waals surface area contributed by atoms with Crippen molar-refractivity contribution in [1.82, 2.24) is 4.98 Å². The highest BCUT2D eigenvalue weighted by Gasteiger charge is 2.11. The van der Waals surface area contributed by atoms with Crippen molar-refractivity contribution in [2.24, 2.45) is 0 Å². The Labute approximate surface area is 101 Å². The number of hydrogen-bond acceptors (Lipinski definition) is 5. The fourth-order valence-electron chi connectivity index (χ4n) is 1.44. The van der Waals surface area contributed by atoms with Gasteiger partial charge in [0.1, 0.15) is 9.84 Å². The van der Waals surface area contributed by atoms with Gasteiger partial charge in [0.15, 0.2) is 0 Å². The maximum Gasteiger partial charge on any atom is 0.244 e. The largest absolute Gasteiger partial charge is 0.513 e. The van der Waals surface area contributed by atoms with Gasteiger partial charge in [0.05, 0.1) is 11.1 Å². The Morgan fingerprint density at radius 2 is 2.06 bits per heavy atom. The molecular formula is C11H11NO2S2. The second-order valence-electron chi connectivity index (χ2n) is 3.59. The van der Waals surface area contributed by atoms with Crippen molar-refractivity contribution in [2.45, 2.75) is 20.8 Å². The number of aryl methyl sites for hydroxylation is 2. The van der Waals surface area contributed by atoms with Crippen LogP contribution >= 0.6 is 22.7 Å². The minimum absolute atomic E-state index is 0.0133. The van der Waals surface area contributed by atoms with E-state index >= 15 is 0 Å². The molecule has 0 fully saturated rings. The first-order valence-corrected chi connectivity index (χ1v) is 6.40. The van der Waals surface area contributed by atoms with Crippen LogP contribution in [0.4, 0.5) is 0 Å². The van der Waals surface area contributed by atoms with Gasteiger partial charge in [0, 0.05) is 11.0 Å². The Morgan fingerprint density at radius 1 is 1.38 bits per heavy atom. The van der Waals surface area contributed by atoms with Crippen LogP contribution in [-0.4, -0.2) is 10.1 Å². The van der Waals surface area contributed by atoms with Crippen molar-refractivity contribution in [1.29, 1.82) is 0 Å². The lowest BCUT2D eigenvalue weighted by Gasteiger charge is -1.93. The zero-order valence-electron chi connectivity index (χ0n) is 9.20. The Hall–Kier alpha value is -1.20. The van der Waals surface area contributed by atoms with E-state index in [2.05, 4.69) is 4.98 Å². The molecule has 0 saturated heterocycles. The van der Waals surface area contributed by atoms with Gasteiger partial charge in [-0.3, -0.25) is 4.79 Å². The zero-order valence-corrected chi connectivity index (χ0v) is 10.8. The number of aliphatic hydroxyl groups excluding tert-OH is 1. The summed E-state index contributed by atoms with van der Waals surface area (Å²) in [5, 5.41) is 10.4. The number of hydrogen-bond donors (Lipinski definition) is 1. The van der Waals surface area contributed by atoms with Gasteiger partial charge < -0.3 is 5.11 Å². The van der Waals surface area contributed by atoms with Gasteiger partial charge in [0.25, 0.3) is 0 Å². The summed E-state index contributed by atoms with van der Waals surface area (Å²) in [5.74, 6) is 0.160. The van der Waals surface area contributed by atoms with Crippen molar-refractivity contribution < 1.29 is 5.11 Å². The number of rotatable bonds is 1. The van der Waals surface area contributed by atoms with Gasteiger partial charge in [-0.25, -0.2) is 4.98 Å². The van der Waals surface area contributed by atoms with Crippen molar-refractivity contribution in [3.63, 3.8) is 0 Å². The Kier molecular flexibility index (Phi) is 2.82. The average molecular weight is 253 g/mol. The molecule has 0 spiro atoms. The van der Waals surface area contributed by atoms with E-state index in [0.29, 0.717) is 5.01 Å². The highest BCUT2D eigenvalue weighted by Crippen LogP contribution is 2.27. The summed E-state index contributed by atoms with van der Waals surface area (Å²) in [7, 11) is 0. The van der Waals surface area contributed by atoms with Gasteiger partial charge in [-0.2, -0.15) is 0 Å². The molecular weight excluding hydrogens is 242 g/mol. The van der Waals surface area contributed by atoms with E-state index in [1.54, 1.807) is 6.92 Å². The number of aromatic nitrogens is 1. The zero-order chi connectivity index (χ0) is 11.9. The van der Waals surface area contributed by atoms with Gasteiger partial charge in [-0.1, -0.05) is 11.3 Å². The third-order valence-electron chi connectivity index (χ3n) is 2.31. The monoisotopic (exact) mass is 253 g/mol. The second-order valence-corrected chi connectivity index (χ2v) is 5.79. The van der Waals surface area contributed by atoms with Crippen molar-refractivity contribution >= 4 is 39.0 Å². The molecule has 0 aromatic carbocycles. The molecule has 0 atom stereocenters. The summed E-state index contributed by atoms with van der Waals surface area (Å²) in [6, 6.07) is 0. The summed E-state index contributed by atoms with van der Waals surface area (Å²) in [6.07, 6.45) is 1.51. The molecule has 0 aliphatic carbocycles. The standard InChI is InChI=1S/C11H11NO2S2/c1-5(13)4-8-12-10-9(11(14)16-8)6(2)7(3)15-10/h4,13H,1-3H3/b5-4-. The fourth-order valence-corrected chi connectivity index (χ4v) is 3.51. The normalized spacial score (nSPS) is 12.3. The van der Waals surface area contributed by atoms with Crippen LogP contribution in [0.25, 0.3) is 16.3 Å². The quantitative estimate of drug-likeness (QED) is 0.794. The van der Waals surface area contributed by atoms with E-state index in [4.69, 9.17) is 5.11 Å². The highest BCUT2D eigenvalue weighted by atomic mass is 32.1. The summed E-state index contributed by atoms with van der Waals surface area (Å²) >= 11 is 2.59. The van der Waals surface area contributed by atoms with E-state index in [0.717, 1.165) is 32.0 Å². The summed E-state index contributed by atoms with van der Waals surface area (Å²) in [6.45, 7) is 5.49. The van der Waals surface area contributed by atoms with Crippen LogP contribution in [0.1, 0.15) is 22.4 Å². The summed E-state index contributed by atoms with van der Waals surface area (Å²) < 4.78 is 0.0133. The molecule has 0 bridgehead atoms. The Balaban J connectivity index is 2.79. The molecule has 16 heavy (non-hydrogen) atoms. The first-order chi connectivity index (χ1) is 7.49. The molecule has 0 amide bonds. The number of thiophene rings is 1. The molecule has 0 aliphatic rings. The van der Waals surface area contributed by atoms with Crippen LogP contribution in [-0.2, 0) is 0 Å². The molecule has 0 saturated carbocycles. The predicted molar refractivity (Wildman–Crippen MR) is 69.5 cm³/mol. The molecule has 3 nitrogen and oxygen atoms in total. The van der Waals surface area contributed by atoms with E-state index in [-0.39, 0.29) is 10.5 Å². The Morgan fingerprint density at radius 3 is 2.69 bits per heavy atom. The third kappa shape index (κ3) is 1.88. The van der Waals surface area contributed by atoms with E-state index in [9.17, 15) is 4.79 Å². The Bertz CT molecular complexity index is 633. The number of allylic oxidation sites excluding steroid dienone is 1. The third-order valence-corrected chi connectivity index (χ3v) is 4.22. The lowest BCUT2D eigenvalue weighted by atomic mass is 10.2. The molecule has 84 valence electrons. The lowest BCUT2D eigenvalue weighted by molar-refractivity contribution is 0.420. The molecule has 0 aliphatic heterocycles. The van der Waals surface area contributed by atoms with E-state index < -0.39 is 0 Å². The van der Waals surface area contributed by atoms with Crippen molar-refractivity contribution in [2.75, 3.05) is 0 Å². The minimum Gasteiger partial charge on any atom is -0.513 e. The van der Waals surface area contributed by atoms with Gasteiger partial charge in [-0.15, -0.1) is 11.3 Å². The predicted octanol–water partition coefficient (Wildman–Crippen LogP) is 3.25. The smallest absolute Gasteiger partial charge is 0.244 e. The number of nitrogens with zero attached hydrogens (tertiary/aromatic N) is 1. The maximum absolute atomic E-state index is 11.9. The fraction of sp³-hybridized carbons (Fsp3) is 0.273. The second kappa shape index (κ2) is 3.99. The van der Waals surface area contributed by atoms with Gasteiger partial charge in [0.2, 0.25) is 4.74 Å². The van der Waals surface area contributed by atoms with Crippen LogP contribution in [0.15, 0.2) is 10.6 Å². The molecule has 0 radical (unpaired) electrons. The molecule has 1 N–H and O–H groups in total. The van der Waals surface area contributed by atoms with Gasteiger partial charge in [-0.05, 0) is 26.3 Å². The van der Waals surface area contributed by atoms with E-state index in [1.807, 2.05) is 13.8 Å². The molecule has 2 heterocycles. The first kappa shape index (κ1) is 11.3. The molecule has 2 aromatic rings. The molecule has 2 aromatic heterocycles. The molecule has 5 heteroatoms. The van der Waals surface area contributed by atoms with Crippen LogP contribution in [0.5, 0.6) is 0 Å². The van der Waals surface area contributed by atoms with Crippen LogP contribution in [0.2, 0.25) is 0 Å². The van der Waals surface area contributed by atoms with E-state index in [1.165, 1.54) is 17.4 Å². The summed E-state index contributed by atoms with van der Waals surface area (Å²) in [4.78, 5) is 18.1. The van der Waals surface area contributed by atoms with Crippen LogP contribution < -0.4 is 4.74 Å². The maximum atomic E-state index is 11.9. The van der Waals surface area contributed by atoms with Crippen molar-refractivity contribution in [3.05, 3.63) is 30.7 Å². The first-order valence-electron chi connectivity index (χ1n) is 4.77. The average Bonchev–Trinajstić information content (AvgIpc) is 2.41. The van der Waals surface area contributed by atoms with Gasteiger partial charge >= 0.3 is 0 Å². The van der Waals surface area contributed by atoms with Crippen LogP contribution in [0, 0.1) is 13.8 Å². The number of fused-ring (bicyclic) bond motifs is 1. The summed E-state index contributed by atoms with van der Waals surface area (Å²) in [5.41, 5.74) is 1.02. The SMILES string of the molecule is C/C(O)=C/c1nc2sc(C)c(C)c2c(=O)s1. The molecule has 2 rings (SSSR count). The van der Waals surface area contributed by atoms with Crippen molar-refractivity contribution in [3.8, 4) is 0 Å². The topological polar surface area (TPSA) is 50.2 Å². The molecule has 0 unspecified atom stereocenters. The van der Waals surface area contributed by atoms with Crippen LogP contribution in [0.3, 0.4) is 0 Å². The highest BCUT2D eigenvalue weighted by molar-refractivity contribution is 7.19. The minimum atomic E-state index is 0.0133. The lowest BCUT2D eigenvalue weighted by Crippen LogP contribution is -1.97. The number of aliphatic hydroxyl groups is 1.